The molecular weight excluding hydrogens is 486 g/mol. The fraction of sp³-hybridized carbons (Fsp3) is 0.207. The molecule has 4 rings (SSSR count). The Bertz CT molecular complexity index is 1350. The van der Waals surface area contributed by atoms with Crippen LogP contribution in [0.3, 0.4) is 0 Å². The SMILES string of the molecule is COc1ccc(N2C(=O)C(Nc3ccc(C)cc3)=C(Sc3cccc(NC(=O)CC(C)C)c3)C2=O)cc1. The second kappa shape index (κ2) is 11.3. The first-order chi connectivity index (χ1) is 17.7. The molecule has 0 saturated heterocycles. The molecule has 2 N–H and O–H groups in total. The molecule has 37 heavy (non-hydrogen) atoms. The van der Waals surface area contributed by atoms with Crippen molar-refractivity contribution in [2.24, 2.45) is 5.92 Å². The van der Waals surface area contributed by atoms with Crippen LogP contribution in [-0.4, -0.2) is 24.8 Å². The van der Waals surface area contributed by atoms with Gasteiger partial charge < -0.3 is 15.4 Å². The van der Waals surface area contributed by atoms with E-state index < -0.39 is 11.8 Å². The van der Waals surface area contributed by atoms with Crippen LogP contribution in [0.15, 0.2) is 88.3 Å². The van der Waals surface area contributed by atoms with Crippen molar-refractivity contribution in [1.29, 1.82) is 0 Å². The molecule has 1 aliphatic heterocycles. The molecule has 3 aromatic rings. The van der Waals surface area contributed by atoms with Gasteiger partial charge in [-0.15, -0.1) is 0 Å². The topological polar surface area (TPSA) is 87.7 Å². The Morgan fingerprint density at radius 1 is 0.946 bits per heavy atom. The standard InChI is InChI=1S/C29H29N3O4S/c1-18(2)16-25(33)30-21-6-5-7-24(17-21)37-27-26(31-20-10-8-19(3)9-11-20)28(34)32(29(27)35)22-12-14-23(36-4)15-13-22/h5-15,17-18,31H,16H2,1-4H3,(H,30,33). The first kappa shape index (κ1) is 26.0. The number of hydrogen-bond acceptors (Lipinski definition) is 6. The Morgan fingerprint density at radius 2 is 1.65 bits per heavy atom. The molecule has 3 amide bonds. The highest BCUT2D eigenvalue weighted by Crippen LogP contribution is 2.39. The molecular formula is C29H29N3O4S. The Kier molecular flexibility index (Phi) is 7.98. The smallest absolute Gasteiger partial charge is 0.283 e. The summed E-state index contributed by atoms with van der Waals surface area (Å²) < 4.78 is 5.21. The van der Waals surface area contributed by atoms with E-state index in [0.717, 1.165) is 15.4 Å². The number of thioether (sulfide) groups is 1. The van der Waals surface area contributed by atoms with Crippen LogP contribution in [0.4, 0.5) is 17.1 Å². The predicted octanol–water partition coefficient (Wildman–Crippen LogP) is 5.98. The number of methoxy groups -OCH3 is 1. The number of amides is 3. The monoisotopic (exact) mass is 515 g/mol. The molecule has 0 atom stereocenters. The Balaban J connectivity index is 1.66. The van der Waals surface area contributed by atoms with Gasteiger partial charge in [0, 0.05) is 22.7 Å². The number of hydrogen-bond donors (Lipinski definition) is 2. The molecule has 1 aliphatic rings. The predicted molar refractivity (Wildman–Crippen MR) is 148 cm³/mol. The van der Waals surface area contributed by atoms with Crippen molar-refractivity contribution in [3.63, 3.8) is 0 Å². The van der Waals surface area contributed by atoms with Gasteiger partial charge in [0.15, 0.2) is 0 Å². The zero-order chi connectivity index (χ0) is 26.5. The van der Waals surface area contributed by atoms with E-state index in [1.54, 1.807) is 43.5 Å². The lowest BCUT2D eigenvalue weighted by atomic mass is 10.1. The molecule has 8 heteroatoms. The number of anilines is 3. The lowest BCUT2D eigenvalue weighted by Gasteiger charge is -2.15. The van der Waals surface area contributed by atoms with E-state index in [2.05, 4.69) is 10.6 Å². The van der Waals surface area contributed by atoms with Gasteiger partial charge in [-0.05, 0) is 67.4 Å². The summed E-state index contributed by atoms with van der Waals surface area (Å²) >= 11 is 1.18. The van der Waals surface area contributed by atoms with Crippen molar-refractivity contribution in [3.05, 3.63) is 89.0 Å². The number of nitrogens with one attached hydrogen (secondary N) is 2. The van der Waals surface area contributed by atoms with E-state index in [-0.39, 0.29) is 22.4 Å². The van der Waals surface area contributed by atoms with Gasteiger partial charge in [-0.25, -0.2) is 4.90 Å². The summed E-state index contributed by atoms with van der Waals surface area (Å²) in [6, 6.07) is 21.6. The third-order valence-electron chi connectivity index (χ3n) is 5.62. The fourth-order valence-corrected chi connectivity index (χ4v) is 4.79. The summed E-state index contributed by atoms with van der Waals surface area (Å²) in [5.74, 6) is -0.0801. The van der Waals surface area contributed by atoms with Crippen LogP contribution in [0.25, 0.3) is 0 Å². The zero-order valence-corrected chi connectivity index (χ0v) is 22.0. The highest BCUT2D eigenvalue weighted by atomic mass is 32.2. The highest BCUT2D eigenvalue weighted by Gasteiger charge is 2.40. The number of rotatable bonds is 9. The van der Waals surface area contributed by atoms with Crippen molar-refractivity contribution >= 4 is 46.5 Å². The van der Waals surface area contributed by atoms with Crippen LogP contribution >= 0.6 is 11.8 Å². The molecule has 190 valence electrons. The molecule has 0 fully saturated rings. The third-order valence-corrected chi connectivity index (χ3v) is 6.70. The van der Waals surface area contributed by atoms with Crippen LogP contribution in [0.2, 0.25) is 0 Å². The van der Waals surface area contributed by atoms with Gasteiger partial charge in [-0.3, -0.25) is 14.4 Å². The molecule has 7 nitrogen and oxygen atoms in total. The van der Waals surface area contributed by atoms with Gasteiger partial charge in [0.1, 0.15) is 16.4 Å². The first-order valence-corrected chi connectivity index (χ1v) is 12.8. The van der Waals surface area contributed by atoms with Gasteiger partial charge in [0.25, 0.3) is 11.8 Å². The van der Waals surface area contributed by atoms with Gasteiger partial charge in [0.2, 0.25) is 5.91 Å². The first-order valence-electron chi connectivity index (χ1n) is 11.9. The highest BCUT2D eigenvalue weighted by molar-refractivity contribution is 8.04. The lowest BCUT2D eigenvalue weighted by Crippen LogP contribution is -2.32. The maximum absolute atomic E-state index is 13.6. The lowest BCUT2D eigenvalue weighted by molar-refractivity contribution is -0.120. The average molecular weight is 516 g/mol. The van der Waals surface area contributed by atoms with E-state index in [1.165, 1.54) is 11.8 Å². The van der Waals surface area contributed by atoms with Crippen LogP contribution in [0.1, 0.15) is 25.8 Å². The maximum Gasteiger partial charge on any atom is 0.283 e. The maximum atomic E-state index is 13.6. The number of aryl methyl sites for hydroxylation is 1. The fourth-order valence-electron chi connectivity index (χ4n) is 3.80. The molecule has 1 heterocycles. The summed E-state index contributed by atoms with van der Waals surface area (Å²) in [7, 11) is 1.56. The van der Waals surface area contributed by atoms with Gasteiger partial charge >= 0.3 is 0 Å². The molecule has 3 aromatic carbocycles. The minimum absolute atomic E-state index is 0.0732. The number of benzene rings is 3. The average Bonchev–Trinajstić information content (AvgIpc) is 3.09. The summed E-state index contributed by atoms with van der Waals surface area (Å²) in [5, 5.41) is 6.06. The van der Waals surface area contributed by atoms with Crippen molar-refractivity contribution < 1.29 is 19.1 Å². The number of carbonyl (C=O) groups excluding carboxylic acids is 3. The van der Waals surface area contributed by atoms with Crippen LogP contribution in [-0.2, 0) is 14.4 Å². The normalized spacial score (nSPS) is 13.4. The van der Waals surface area contributed by atoms with E-state index in [4.69, 9.17) is 4.74 Å². The van der Waals surface area contributed by atoms with Gasteiger partial charge in [0.05, 0.1) is 12.8 Å². The number of ether oxygens (including phenoxy) is 1. The summed E-state index contributed by atoms with van der Waals surface area (Å²) in [6.07, 6.45) is 0.414. The summed E-state index contributed by atoms with van der Waals surface area (Å²) in [4.78, 5) is 41.5. The van der Waals surface area contributed by atoms with Crippen molar-refractivity contribution in [2.45, 2.75) is 32.1 Å². The van der Waals surface area contributed by atoms with E-state index in [9.17, 15) is 14.4 Å². The molecule has 0 radical (unpaired) electrons. The second-order valence-electron chi connectivity index (χ2n) is 9.11. The molecule has 0 aromatic heterocycles. The molecule has 0 unspecified atom stereocenters. The van der Waals surface area contributed by atoms with Crippen molar-refractivity contribution in [3.8, 4) is 5.75 Å². The van der Waals surface area contributed by atoms with Gasteiger partial charge in [-0.1, -0.05) is 49.4 Å². The van der Waals surface area contributed by atoms with Crippen LogP contribution in [0.5, 0.6) is 5.75 Å². The Morgan fingerprint density at radius 3 is 2.30 bits per heavy atom. The number of carbonyl (C=O) groups is 3. The van der Waals surface area contributed by atoms with Crippen LogP contribution in [0, 0.1) is 12.8 Å². The summed E-state index contributed by atoms with van der Waals surface area (Å²) in [5.41, 5.74) is 3.06. The molecule has 0 spiro atoms. The minimum Gasteiger partial charge on any atom is -0.497 e. The third kappa shape index (κ3) is 6.21. The van der Waals surface area contributed by atoms with E-state index in [1.807, 2.05) is 57.2 Å². The molecule has 0 aliphatic carbocycles. The Hall–Kier alpha value is -4.04. The van der Waals surface area contributed by atoms with E-state index >= 15 is 0 Å². The van der Waals surface area contributed by atoms with Crippen molar-refractivity contribution in [1.82, 2.24) is 0 Å². The zero-order valence-electron chi connectivity index (χ0n) is 21.2. The number of nitrogens with zero attached hydrogens (tertiary/aromatic N) is 1. The quantitative estimate of drug-likeness (QED) is 0.341. The van der Waals surface area contributed by atoms with Crippen molar-refractivity contribution in [2.75, 3.05) is 22.6 Å². The molecule has 0 saturated carbocycles. The van der Waals surface area contributed by atoms with Gasteiger partial charge in [-0.2, -0.15) is 0 Å². The molecule has 0 bridgehead atoms. The largest absolute Gasteiger partial charge is 0.497 e. The minimum atomic E-state index is -0.445. The summed E-state index contributed by atoms with van der Waals surface area (Å²) in [6.45, 7) is 5.95. The number of imide groups is 1. The second-order valence-corrected chi connectivity index (χ2v) is 10.2. The Labute approximate surface area is 220 Å². The van der Waals surface area contributed by atoms with E-state index in [0.29, 0.717) is 29.2 Å². The van der Waals surface area contributed by atoms with Crippen LogP contribution < -0.4 is 20.3 Å².